The van der Waals surface area contributed by atoms with Crippen LogP contribution in [0.25, 0.3) is 22.4 Å². The number of carboxylic acid groups (broad SMARTS) is 1. The fraction of sp³-hybridized carbons (Fsp3) is 0.289. The van der Waals surface area contributed by atoms with Gasteiger partial charge in [0.15, 0.2) is 5.78 Å². The quantitative estimate of drug-likeness (QED) is 0.220. The Bertz CT molecular complexity index is 1950. The molecule has 2 aliphatic heterocycles. The number of pyridine rings is 1. The Hall–Kier alpha value is -5.71. The van der Waals surface area contributed by atoms with Crippen LogP contribution in [0.4, 0.5) is 0 Å². The molecule has 2 amide bonds. The third-order valence-corrected chi connectivity index (χ3v) is 9.13. The molecule has 6 rings (SSSR count). The topological polar surface area (TPSA) is 158 Å². The maximum Gasteiger partial charge on any atom is 0.335 e. The summed E-state index contributed by atoms with van der Waals surface area (Å²) in [7, 11) is 0. The van der Waals surface area contributed by atoms with Gasteiger partial charge in [0, 0.05) is 48.8 Å². The molecular formula is C38H37N3O8. The molecule has 3 heterocycles. The molecular weight excluding hydrogens is 626 g/mol. The Balaban J connectivity index is 1.22. The number of aromatic nitrogens is 1. The summed E-state index contributed by atoms with van der Waals surface area (Å²) in [5, 5.41) is 9.37. The lowest BCUT2D eigenvalue weighted by Gasteiger charge is -2.44. The summed E-state index contributed by atoms with van der Waals surface area (Å²) in [5.74, 6) is -0.333. The molecule has 1 fully saturated rings. The second kappa shape index (κ2) is 13.4. The Labute approximate surface area is 283 Å². The zero-order chi connectivity index (χ0) is 34.9. The first-order valence-electron chi connectivity index (χ1n) is 16.2. The summed E-state index contributed by atoms with van der Waals surface area (Å²) in [5.41, 5.74) is 9.33. The average Bonchev–Trinajstić information content (AvgIpc) is 3.10. The maximum absolute atomic E-state index is 14.1. The maximum atomic E-state index is 14.1. The van der Waals surface area contributed by atoms with Crippen molar-refractivity contribution in [3.63, 3.8) is 0 Å². The molecule has 1 saturated heterocycles. The summed E-state index contributed by atoms with van der Waals surface area (Å²) >= 11 is 0. The zero-order valence-electron chi connectivity index (χ0n) is 27.6. The van der Waals surface area contributed by atoms with Gasteiger partial charge in [-0.2, -0.15) is 0 Å². The Morgan fingerprint density at radius 3 is 2.22 bits per heavy atom. The van der Waals surface area contributed by atoms with Crippen LogP contribution in [0.3, 0.4) is 0 Å². The van der Waals surface area contributed by atoms with E-state index in [9.17, 15) is 24.3 Å². The minimum atomic E-state index is -1.02. The SMILES string of the molecule is CCOc1cc(C(=O)N2CCC3(CC2)CC(=O)c2cc(-c4ccc(C(N)=O)cn4)ccc2O3)c(C)c(OCC)c1-c1ccc(C(=O)O)cc1. The monoisotopic (exact) mass is 663 g/mol. The van der Waals surface area contributed by atoms with Crippen LogP contribution in [0, 0.1) is 6.92 Å². The number of aromatic carboxylic acids is 1. The number of rotatable bonds is 9. The van der Waals surface area contributed by atoms with Crippen molar-refractivity contribution < 1.29 is 38.5 Å². The Kier molecular flexibility index (Phi) is 9.09. The van der Waals surface area contributed by atoms with Gasteiger partial charge in [-0.1, -0.05) is 12.1 Å². The number of hydrogen-bond donors (Lipinski definition) is 2. The van der Waals surface area contributed by atoms with Crippen LogP contribution in [0.2, 0.25) is 0 Å². The number of fused-ring (bicyclic) bond motifs is 1. The van der Waals surface area contributed by atoms with Gasteiger partial charge in [-0.15, -0.1) is 0 Å². The highest BCUT2D eigenvalue weighted by Gasteiger charge is 2.44. The Morgan fingerprint density at radius 1 is 0.939 bits per heavy atom. The first-order chi connectivity index (χ1) is 23.5. The van der Waals surface area contributed by atoms with E-state index in [1.807, 2.05) is 26.8 Å². The van der Waals surface area contributed by atoms with E-state index in [1.54, 1.807) is 47.4 Å². The number of piperidine rings is 1. The predicted octanol–water partition coefficient (Wildman–Crippen LogP) is 5.96. The van der Waals surface area contributed by atoms with Crippen molar-refractivity contribution in [2.24, 2.45) is 5.73 Å². The minimum Gasteiger partial charge on any atom is -0.493 e. The van der Waals surface area contributed by atoms with Gasteiger partial charge in [-0.3, -0.25) is 19.4 Å². The smallest absolute Gasteiger partial charge is 0.335 e. The van der Waals surface area contributed by atoms with Gasteiger partial charge >= 0.3 is 5.97 Å². The molecule has 4 aromatic rings. The van der Waals surface area contributed by atoms with Gasteiger partial charge in [0.2, 0.25) is 5.91 Å². The van der Waals surface area contributed by atoms with Gasteiger partial charge in [-0.05, 0) is 74.9 Å². The van der Waals surface area contributed by atoms with Gasteiger partial charge in [-0.25, -0.2) is 4.79 Å². The van der Waals surface area contributed by atoms with E-state index in [-0.39, 0.29) is 23.7 Å². The summed E-state index contributed by atoms with van der Waals surface area (Å²) in [6.07, 6.45) is 2.56. The number of carboxylic acids is 1. The lowest BCUT2D eigenvalue weighted by atomic mass is 9.82. The number of likely N-dealkylation sites (tertiary alicyclic amines) is 1. The largest absolute Gasteiger partial charge is 0.493 e. The number of ketones is 1. The van der Waals surface area contributed by atoms with Crippen LogP contribution >= 0.6 is 0 Å². The van der Waals surface area contributed by atoms with Crippen molar-refractivity contribution in [3.8, 4) is 39.6 Å². The van der Waals surface area contributed by atoms with Gasteiger partial charge in [0.1, 0.15) is 22.8 Å². The highest BCUT2D eigenvalue weighted by Crippen LogP contribution is 2.45. The third kappa shape index (κ3) is 6.43. The number of Topliss-reactive ketones (excluding diaryl/α,β-unsaturated/α-hetero) is 1. The van der Waals surface area contributed by atoms with Crippen LogP contribution < -0.4 is 19.9 Å². The first kappa shape index (κ1) is 33.2. The normalized spacial score (nSPS) is 14.9. The zero-order valence-corrected chi connectivity index (χ0v) is 27.6. The number of nitrogens with two attached hydrogens (primary N) is 1. The van der Waals surface area contributed by atoms with Crippen molar-refractivity contribution in [1.29, 1.82) is 0 Å². The van der Waals surface area contributed by atoms with E-state index >= 15 is 0 Å². The number of carbonyl (C=O) groups is 4. The molecule has 3 aromatic carbocycles. The molecule has 0 radical (unpaired) electrons. The number of hydrogen-bond acceptors (Lipinski definition) is 8. The fourth-order valence-electron chi connectivity index (χ4n) is 6.53. The highest BCUT2D eigenvalue weighted by atomic mass is 16.5. The highest BCUT2D eigenvalue weighted by molar-refractivity contribution is 6.02. The van der Waals surface area contributed by atoms with E-state index in [0.29, 0.717) is 95.5 Å². The molecule has 3 N–H and O–H groups in total. The van der Waals surface area contributed by atoms with Crippen LogP contribution in [0.5, 0.6) is 17.2 Å². The number of amides is 2. The fourth-order valence-corrected chi connectivity index (χ4v) is 6.53. The molecule has 252 valence electrons. The molecule has 11 nitrogen and oxygen atoms in total. The van der Waals surface area contributed by atoms with Crippen LogP contribution in [-0.4, -0.2) is 70.5 Å². The number of carbonyl (C=O) groups excluding carboxylic acids is 3. The molecule has 1 aromatic heterocycles. The molecule has 0 atom stereocenters. The molecule has 0 saturated carbocycles. The van der Waals surface area contributed by atoms with Crippen molar-refractivity contribution in [1.82, 2.24) is 9.88 Å². The molecule has 0 unspecified atom stereocenters. The second-order valence-corrected chi connectivity index (χ2v) is 12.2. The lowest BCUT2D eigenvalue weighted by Crippen LogP contribution is -2.52. The molecule has 0 bridgehead atoms. The van der Waals surface area contributed by atoms with E-state index in [0.717, 1.165) is 5.56 Å². The summed E-state index contributed by atoms with van der Waals surface area (Å²) < 4.78 is 18.6. The van der Waals surface area contributed by atoms with Gasteiger partial charge in [0.05, 0.1) is 47.6 Å². The minimum absolute atomic E-state index is 0.0397. The Morgan fingerprint density at radius 2 is 1.61 bits per heavy atom. The van der Waals surface area contributed by atoms with E-state index in [4.69, 9.17) is 19.9 Å². The lowest BCUT2D eigenvalue weighted by molar-refractivity contribution is -0.00575. The summed E-state index contributed by atoms with van der Waals surface area (Å²) in [4.78, 5) is 56.5. The standard InChI is InChI=1S/C38H37N3O8/c1-4-47-32-19-27(22(3)34(48-5-2)33(32)23-6-8-24(9-7-23)37(45)46)36(44)41-16-14-38(15-17-41)20-30(42)28-18-25(11-13-31(28)49-38)29-12-10-26(21-40-29)35(39)43/h6-13,18-19,21H,4-5,14-17,20H2,1-3H3,(H2,39,43)(H,45,46). The second-order valence-electron chi connectivity index (χ2n) is 12.2. The van der Waals surface area contributed by atoms with Crippen molar-refractivity contribution in [2.75, 3.05) is 26.3 Å². The van der Waals surface area contributed by atoms with Gasteiger partial charge in [0.25, 0.3) is 5.91 Å². The van der Waals surface area contributed by atoms with Crippen LogP contribution in [0.1, 0.15) is 80.1 Å². The third-order valence-electron chi connectivity index (χ3n) is 9.13. The molecule has 0 aliphatic carbocycles. The summed E-state index contributed by atoms with van der Waals surface area (Å²) in [6, 6.07) is 16.8. The number of primary amides is 1. The molecule has 49 heavy (non-hydrogen) atoms. The predicted molar refractivity (Wildman–Crippen MR) is 182 cm³/mol. The summed E-state index contributed by atoms with van der Waals surface area (Å²) in [6.45, 7) is 7.03. The number of benzene rings is 3. The van der Waals surface area contributed by atoms with Crippen molar-refractivity contribution in [2.45, 2.75) is 45.6 Å². The van der Waals surface area contributed by atoms with Crippen molar-refractivity contribution >= 4 is 23.6 Å². The van der Waals surface area contributed by atoms with Crippen LogP contribution in [-0.2, 0) is 0 Å². The van der Waals surface area contributed by atoms with E-state index < -0.39 is 17.5 Å². The molecule has 1 spiro atoms. The molecule has 11 heteroatoms. The van der Waals surface area contributed by atoms with Crippen molar-refractivity contribution in [3.05, 3.63) is 94.7 Å². The number of nitrogens with zero attached hydrogens (tertiary/aromatic N) is 2. The number of ether oxygens (including phenoxy) is 3. The average molecular weight is 664 g/mol. The van der Waals surface area contributed by atoms with E-state index in [1.165, 1.54) is 18.3 Å². The van der Waals surface area contributed by atoms with E-state index in [2.05, 4.69) is 4.98 Å². The first-order valence-corrected chi connectivity index (χ1v) is 16.2. The molecule has 2 aliphatic rings. The van der Waals surface area contributed by atoms with Gasteiger partial charge < -0.3 is 30.0 Å². The van der Waals surface area contributed by atoms with Crippen LogP contribution in [0.15, 0.2) is 66.9 Å².